The zero-order chi connectivity index (χ0) is 18.8. The van der Waals surface area contributed by atoms with E-state index in [1.807, 2.05) is 32.0 Å². The molecule has 0 spiro atoms. The fourth-order valence-electron chi connectivity index (χ4n) is 3.30. The van der Waals surface area contributed by atoms with Crippen LogP contribution in [0.1, 0.15) is 34.8 Å². The lowest BCUT2D eigenvalue weighted by atomic mass is 10.1. The summed E-state index contributed by atoms with van der Waals surface area (Å²) in [6, 6.07) is 12.8. The number of ketones is 1. The largest absolute Gasteiger partial charge is 0.326 e. The van der Waals surface area contributed by atoms with Crippen molar-refractivity contribution in [3.05, 3.63) is 59.2 Å². The monoisotopic (exact) mass is 350 g/mol. The van der Waals surface area contributed by atoms with Crippen molar-refractivity contribution in [3.63, 3.8) is 0 Å². The van der Waals surface area contributed by atoms with E-state index in [9.17, 15) is 14.4 Å². The number of hydrogen-bond donors (Lipinski definition) is 1. The van der Waals surface area contributed by atoms with E-state index in [0.717, 1.165) is 16.8 Å². The number of benzene rings is 2. The molecule has 134 valence electrons. The highest BCUT2D eigenvalue weighted by atomic mass is 16.2. The molecular formula is C21H22N2O3. The fourth-order valence-corrected chi connectivity index (χ4v) is 3.30. The molecule has 0 saturated carbocycles. The fraction of sp³-hybridized carbons (Fsp3) is 0.286. The van der Waals surface area contributed by atoms with Gasteiger partial charge in [0, 0.05) is 29.9 Å². The number of carbonyl (C=O) groups excluding carboxylic acids is 3. The maximum Gasteiger partial charge on any atom is 0.229 e. The number of nitrogens with zero attached hydrogens (tertiary/aromatic N) is 1. The lowest BCUT2D eigenvalue weighted by molar-refractivity contribution is -0.122. The Bertz CT molecular complexity index is 851. The molecule has 1 aliphatic heterocycles. The van der Waals surface area contributed by atoms with Gasteiger partial charge in [-0.2, -0.15) is 0 Å². The second-order valence-electron chi connectivity index (χ2n) is 6.87. The van der Waals surface area contributed by atoms with Gasteiger partial charge < -0.3 is 10.2 Å². The van der Waals surface area contributed by atoms with E-state index in [1.54, 1.807) is 29.2 Å². The van der Waals surface area contributed by atoms with Crippen molar-refractivity contribution < 1.29 is 14.4 Å². The van der Waals surface area contributed by atoms with Crippen LogP contribution in [0.5, 0.6) is 0 Å². The number of nitrogens with one attached hydrogen (secondary N) is 1. The molecule has 2 aromatic rings. The normalized spacial score (nSPS) is 16.7. The van der Waals surface area contributed by atoms with Crippen molar-refractivity contribution in [2.75, 3.05) is 16.8 Å². The molecule has 1 heterocycles. The van der Waals surface area contributed by atoms with Crippen molar-refractivity contribution >= 4 is 29.0 Å². The van der Waals surface area contributed by atoms with E-state index in [4.69, 9.17) is 0 Å². The molecule has 2 amide bonds. The van der Waals surface area contributed by atoms with E-state index >= 15 is 0 Å². The zero-order valence-corrected chi connectivity index (χ0v) is 15.2. The average Bonchev–Trinajstić information content (AvgIpc) is 2.96. The van der Waals surface area contributed by atoms with Crippen LogP contribution in [0.3, 0.4) is 0 Å². The maximum atomic E-state index is 12.6. The van der Waals surface area contributed by atoms with Crippen LogP contribution in [-0.4, -0.2) is 24.1 Å². The Morgan fingerprint density at radius 1 is 1.04 bits per heavy atom. The summed E-state index contributed by atoms with van der Waals surface area (Å²) in [7, 11) is 0. The molecule has 5 heteroatoms. The molecule has 1 saturated heterocycles. The van der Waals surface area contributed by atoms with Gasteiger partial charge in [0.2, 0.25) is 11.8 Å². The van der Waals surface area contributed by atoms with Gasteiger partial charge in [0.05, 0.1) is 5.92 Å². The number of anilines is 2. The van der Waals surface area contributed by atoms with Gasteiger partial charge in [-0.15, -0.1) is 0 Å². The molecule has 0 aromatic heterocycles. The van der Waals surface area contributed by atoms with E-state index < -0.39 is 5.92 Å². The molecule has 26 heavy (non-hydrogen) atoms. The topological polar surface area (TPSA) is 66.5 Å². The van der Waals surface area contributed by atoms with Gasteiger partial charge in [-0.05, 0) is 68.3 Å². The Morgan fingerprint density at radius 2 is 1.65 bits per heavy atom. The Labute approximate surface area is 153 Å². The molecule has 1 atom stereocenters. The van der Waals surface area contributed by atoms with Crippen LogP contribution in [0.2, 0.25) is 0 Å². The number of hydrogen-bond acceptors (Lipinski definition) is 3. The third-order valence-electron chi connectivity index (χ3n) is 4.57. The minimum atomic E-state index is -0.393. The number of amides is 2. The van der Waals surface area contributed by atoms with Gasteiger partial charge in [0.25, 0.3) is 0 Å². The molecule has 2 aromatic carbocycles. The van der Waals surface area contributed by atoms with Crippen LogP contribution in [0.25, 0.3) is 0 Å². The van der Waals surface area contributed by atoms with Gasteiger partial charge >= 0.3 is 0 Å². The highest BCUT2D eigenvalue weighted by molar-refractivity contribution is 6.04. The summed E-state index contributed by atoms with van der Waals surface area (Å²) in [6.45, 7) is 5.81. The average molecular weight is 350 g/mol. The predicted octanol–water partition coefficient (Wildman–Crippen LogP) is 3.50. The van der Waals surface area contributed by atoms with Crippen molar-refractivity contribution in [1.29, 1.82) is 0 Å². The van der Waals surface area contributed by atoms with Gasteiger partial charge in [0.1, 0.15) is 0 Å². The molecule has 1 unspecified atom stereocenters. The van der Waals surface area contributed by atoms with Crippen molar-refractivity contribution in [3.8, 4) is 0 Å². The van der Waals surface area contributed by atoms with Gasteiger partial charge in [0.15, 0.2) is 5.78 Å². The second kappa shape index (κ2) is 7.12. The van der Waals surface area contributed by atoms with E-state index in [2.05, 4.69) is 5.32 Å². The van der Waals surface area contributed by atoms with Crippen molar-refractivity contribution in [2.24, 2.45) is 5.92 Å². The summed E-state index contributed by atoms with van der Waals surface area (Å²) in [4.78, 5) is 37.9. The summed E-state index contributed by atoms with van der Waals surface area (Å²) >= 11 is 0. The first-order valence-electron chi connectivity index (χ1n) is 8.64. The van der Waals surface area contributed by atoms with E-state index in [1.165, 1.54) is 6.92 Å². The van der Waals surface area contributed by atoms with Crippen molar-refractivity contribution in [1.82, 2.24) is 0 Å². The van der Waals surface area contributed by atoms with Gasteiger partial charge in [-0.25, -0.2) is 0 Å². The Kier molecular flexibility index (Phi) is 4.89. The highest BCUT2D eigenvalue weighted by Gasteiger charge is 2.35. The summed E-state index contributed by atoms with van der Waals surface area (Å²) in [5.74, 6) is -0.641. The third-order valence-corrected chi connectivity index (χ3v) is 4.57. The maximum absolute atomic E-state index is 12.6. The molecule has 1 fully saturated rings. The van der Waals surface area contributed by atoms with Crippen molar-refractivity contribution in [2.45, 2.75) is 27.2 Å². The first kappa shape index (κ1) is 17.9. The van der Waals surface area contributed by atoms with Crippen LogP contribution in [-0.2, 0) is 9.59 Å². The summed E-state index contributed by atoms with van der Waals surface area (Å²) in [5, 5.41) is 2.92. The predicted molar refractivity (Wildman–Crippen MR) is 101 cm³/mol. The summed E-state index contributed by atoms with van der Waals surface area (Å²) in [6.07, 6.45) is 0.186. The van der Waals surface area contributed by atoms with Gasteiger partial charge in [-0.3, -0.25) is 14.4 Å². The quantitative estimate of drug-likeness (QED) is 0.858. The number of Topliss-reactive ketones (excluding diaryl/α,β-unsaturated/α-hetero) is 1. The lowest BCUT2D eigenvalue weighted by Gasteiger charge is -2.17. The smallest absolute Gasteiger partial charge is 0.229 e. The number of carbonyl (C=O) groups is 3. The molecular weight excluding hydrogens is 328 g/mol. The van der Waals surface area contributed by atoms with Crippen LogP contribution >= 0.6 is 0 Å². The molecule has 1 aliphatic rings. The van der Waals surface area contributed by atoms with E-state index in [0.29, 0.717) is 17.8 Å². The number of rotatable bonds is 4. The van der Waals surface area contributed by atoms with Crippen LogP contribution in [0.4, 0.5) is 11.4 Å². The first-order valence-corrected chi connectivity index (χ1v) is 8.64. The van der Waals surface area contributed by atoms with Crippen LogP contribution < -0.4 is 10.2 Å². The minimum Gasteiger partial charge on any atom is -0.326 e. The summed E-state index contributed by atoms with van der Waals surface area (Å²) in [5.41, 5.74) is 4.22. The number of aryl methyl sites for hydroxylation is 2. The van der Waals surface area contributed by atoms with Gasteiger partial charge in [-0.1, -0.05) is 6.07 Å². The third kappa shape index (κ3) is 3.82. The molecule has 0 radical (unpaired) electrons. The minimum absolute atomic E-state index is 0.0185. The van der Waals surface area contributed by atoms with Crippen LogP contribution in [0.15, 0.2) is 42.5 Å². The SMILES string of the molecule is CC(=O)c1ccc(N2CC(C(=O)Nc3cc(C)cc(C)c3)CC2=O)cc1. The standard InChI is InChI=1S/C21H22N2O3/c1-13-8-14(2)10-18(9-13)22-21(26)17-11-20(25)23(12-17)19-6-4-16(5-7-19)15(3)24/h4-10,17H,11-12H2,1-3H3,(H,22,26). The Morgan fingerprint density at radius 3 is 2.23 bits per heavy atom. The zero-order valence-electron chi connectivity index (χ0n) is 15.2. The Balaban J connectivity index is 1.70. The van der Waals surface area contributed by atoms with Crippen LogP contribution in [0, 0.1) is 19.8 Å². The molecule has 1 N–H and O–H groups in total. The first-order chi connectivity index (χ1) is 12.3. The highest BCUT2D eigenvalue weighted by Crippen LogP contribution is 2.26. The molecule has 0 bridgehead atoms. The summed E-state index contributed by atoms with van der Waals surface area (Å²) < 4.78 is 0. The lowest BCUT2D eigenvalue weighted by Crippen LogP contribution is -2.28. The Hall–Kier alpha value is -2.95. The molecule has 3 rings (SSSR count). The van der Waals surface area contributed by atoms with E-state index in [-0.39, 0.29) is 24.0 Å². The molecule has 5 nitrogen and oxygen atoms in total. The second-order valence-corrected chi connectivity index (χ2v) is 6.87. The molecule has 0 aliphatic carbocycles.